The highest BCUT2D eigenvalue weighted by Gasteiger charge is 2.52. The number of halogens is 1. The van der Waals surface area contributed by atoms with Crippen LogP contribution < -0.4 is 11.1 Å². The van der Waals surface area contributed by atoms with Gasteiger partial charge in [0.25, 0.3) is 11.6 Å². The lowest BCUT2D eigenvalue weighted by molar-refractivity contribution is -0.385. The number of hydrogen-bond acceptors (Lipinski definition) is 5. The Hall–Kier alpha value is -1.70. The van der Waals surface area contributed by atoms with Crippen LogP contribution in [0.3, 0.4) is 0 Å². The molecule has 1 aliphatic heterocycles. The van der Waals surface area contributed by atoms with Gasteiger partial charge >= 0.3 is 0 Å². The molecule has 7 nitrogen and oxygen atoms in total. The molecule has 21 heavy (non-hydrogen) atoms. The molecule has 0 bridgehead atoms. The quantitative estimate of drug-likeness (QED) is 0.642. The zero-order chi connectivity index (χ0) is 15.1. The van der Waals surface area contributed by atoms with E-state index in [1.165, 1.54) is 18.2 Å². The highest BCUT2D eigenvalue weighted by Crippen LogP contribution is 2.38. The molecule has 1 aromatic rings. The molecule has 0 aromatic heterocycles. The smallest absolute Gasteiger partial charge is 0.282 e. The van der Waals surface area contributed by atoms with Crippen molar-refractivity contribution in [3.63, 3.8) is 0 Å². The minimum Gasteiger partial charge on any atom is -0.376 e. The van der Waals surface area contributed by atoms with Crippen molar-refractivity contribution in [3.8, 4) is 0 Å². The number of hydrogen-bond donors (Lipinski definition) is 2. The first-order valence-corrected chi connectivity index (χ1v) is 6.99. The van der Waals surface area contributed by atoms with Gasteiger partial charge in [0.05, 0.1) is 17.1 Å². The van der Waals surface area contributed by atoms with Crippen LogP contribution in [0, 0.1) is 16.0 Å². The molecule has 0 radical (unpaired) electrons. The first kappa shape index (κ1) is 14.2. The zero-order valence-electron chi connectivity index (χ0n) is 11.0. The van der Waals surface area contributed by atoms with Gasteiger partial charge in [0.1, 0.15) is 5.56 Å². The third kappa shape index (κ3) is 2.37. The van der Waals surface area contributed by atoms with Crippen molar-refractivity contribution in [1.82, 2.24) is 5.32 Å². The first-order chi connectivity index (χ1) is 9.99. The number of ether oxygens (including phenoxy) is 1. The fourth-order valence-electron chi connectivity index (χ4n) is 3.01. The Labute approximate surface area is 125 Å². The van der Waals surface area contributed by atoms with Crippen LogP contribution in [0.25, 0.3) is 0 Å². The highest BCUT2D eigenvalue weighted by atomic mass is 35.5. The molecular weight excluding hydrogens is 298 g/mol. The van der Waals surface area contributed by atoms with Gasteiger partial charge in [0.15, 0.2) is 0 Å². The van der Waals surface area contributed by atoms with Crippen molar-refractivity contribution in [2.75, 3.05) is 6.61 Å². The fourth-order valence-corrected chi connectivity index (χ4v) is 3.18. The molecule has 1 heterocycles. The SMILES string of the molecule is NC1C2CCOC2C1NC(=O)c1cc(Cl)ccc1[N+](=O)[O-]. The predicted molar refractivity (Wildman–Crippen MR) is 75.2 cm³/mol. The van der Waals surface area contributed by atoms with Crippen molar-refractivity contribution in [1.29, 1.82) is 0 Å². The third-order valence-electron chi connectivity index (χ3n) is 4.14. The monoisotopic (exact) mass is 311 g/mol. The van der Waals surface area contributed by atoms with Gasteiger partial charge in [-0.15, -0.1) is 0 Å². The minimum absolute atomic E-state index is 0.0684. The molecule has 4 unspecified atom stereocenters. The molecule has 3 N–H and O–H groups in total. The molecule has 8 heteroatoms. The summed E-state index contributed by atoms with van der Waals surface area (Å²) in [7, 11) is 0. The number of carbonyl (C=O) groups excluding carboxylic acids is 1. The summed E-state index contributed by atoms with van der Waals surface area (Å²) in [6.45, 7) is 0.632. The second-order valence-electron chi connectivity index (χ2n) is 5.28. The molecule has 0 spiro atoms. The Bertz CT molecular complexity index is 609. The number of rotatable bonds is 3. The van der Waals surface area contributed by atoms with E-state index in [0.717, 1.165) is 6.42 Å². The van der Waals surface area contributed by atoms with Crippen LogP contribution in [0.1, 0.15) is 16.8 Å². The van der Waals surface area contributed by atoms with Crippen molar-refractivity contribution in [3.05, 3.63) is 38.9 Å². The fraction of sp³-hybridized carbons (Fsp3) is 0.462. The average molecular weight is 312 g/mol. The van der Waals surface area contributed by atoms with E-state index >= 15 is 0 Å². The van der Waals surface area contributed by atoms with Gasteiger partial charge in [-0.05, 0) is 18.6 Å². The number of carbonyl (C=O) groups is 1. The van der Waals surface area contributed by atoms with Crippen molar-refractivity contribution < 1.29 is 14.5 Å². The predicted octanol–water partition coefficient (Wildman–Crippen LogP) is 1.09. The molecular formula is C13H14ClN3O4. The molecule has 2 fully saturated rings. The van der Waals surface area contributed by atoms with Crippen LogP contribution in [-0.2, 0) is 4.74 Å². The van der Waals surface area contributed by atoms with Gasteiger partial charge in [0, 0.05) is 29.7 Å². The molecule has 112 valence electrons. The van der Waals surface area contributed by atoms with E-state index in [2.05, 4.69) is 5.32 Å². The summed E-state index contributed by atoms with van der Waals surface area (Å²) >= 11 is 5.82. The van der Waals surface area contributed by atoms with Crippen molar-refractivity contribution in [2.24, 2.45) is 11.7 Å². The molecule has 1 aromatic carbocycles. The van der Waals surface area contributed by atoms with Crippen LogP contribution in [-0.4, -0.2) is 35.6 Å². The van der Waals surface area contributed by atoms with Gasteiger partial charge in [0.2, 0.25) is 0 Å². The lowest BCUT2D eigenvalue weighted by Gasteiger charge is -2.45. The molecule has 1 amide bonds. The van der Waals surface area contributed by atoms with Crippen molar-refractivity contribution in [2.45, 2.75) is 24.6 Å². The third-order valence-corrected chi connectivity index (χ3v) is 4.38. The molecule has 3 rings (SSSR count). The van der Waals surface area contributed by atoms with E-state index in [0.29, 0.717) is 6.61 Å². The summed E-state index contributed by atoms with van der Waals surface area (Å²) in [5.74, 6) is -0.303. The van der Waals surface area contributed by atoms with Crippen LogP contribution in [0.15, 0.2) is 18.2 Å². The Morgan fingerprint density at radius 1 is 1.52 bits per heavy atom. The zero-order valence-corrected chi connectivity index (χ0v) is 11.7. The second-order valence-corrected chi connectivity index (χ2v) is 5.72. The number of nitrogens with one attached hydrogen (secondary N) is 1. The Morgan fingerprint density at radius 3 is 3.00 bits per heavy atom. The van der Waals surface area contributed by atoms with E-state index in [-0.39, 0.29) is 40.4 Å². The molecule has 1 saturated carbocycles. The lowest BCUT2D eigenvalue weighted by Crippen LogP contribution is -2.68. The van der Waals surface area contributed by atoms with Gasteiger partial charge in [-0.3, -0.25) is 14.9 Å². The normalized spacial score (nSPS) is 30.4. The number of nitrogens with zero attached hydrogens (tertiary/aromatic N) is 1. The number of fused-ring (bicyclic) bond motifs is 1. The number of amides is 1. The minimum atomic E-state index is -0.610. The van der Waals surface area contributed by atoms with E-state index in [1.807, 2.05) is 0 Å². The number of benzene rings is 1. The van der Waals surface area contributed by atoms with Gasteiger partial charge in [-0.1, -0.05) is 11.6 Å². The van der Waals surface area contributed by atoms with Crippen LogP contribution in [0.2, 0.25) is 5.02 Å². The first-order valence-electron chi connectivity index (χ1n) is 6.61. The maximum absolute atomic E-state index is 12.3. The molecule has 2 aliphatic rings. The maximum atomic E-state index is 12.3. The number of nitro benzene ring substituents is 1. The van der Waals surface area contributed by atoms with E-state index < -0.39 is 10.8 Å². The van der Waals surface area contributed by atoms with Crippen LogP contribution in [0.4, 0.5) is 5.69 Å². The standard InChI is InChI=1S/C13H14ClN3O4/c14-6-1-2-9(17(19)20)8(5-6)13(18)16-11-10(15)7-3-4-21-12(7)11/h1-2,5,7,10-12H,3-4,15H2,(H,16,18). The molecule has 1 saturated heterocycles. The van der Waals surface area contributed by atoms with Crippen molar-refractivity contribution >= 4 is 23.2 Å². The molecule has 4 atom stereocenters. The van der Waals surface area contributed by atoms with Gasteiger partial charge in [-0.25, -0.2) is 0 Å². The van der Waals surface area contributed by atoms with Gasteiger partial charge in [-0.2, -0.15) is 0 Å². The van der Waals surface area contributed by atoms with Crippen LogP contribution in [0.5, 0.6) is 0 Å². The topological polar surface area (TPSA) is 107 Å². The average Bonchev–Trinajstić information content (AvgIpc) is 2.88. The number of nitrogens with two attached hydrogens (primary N) is 1. The summed E-state index contributed by atoms with van der Waals surface area (Å²) in [4.78, 5) is 22.7. The highest BCUT2D eigenvalue weighted by molar-refractivity contribution is 6.31. The Balaban J connectivity index is 1.80. The largest absolute Gasteiger partial charge is 0.376 e. The van der Waals surface area contributed by atoms with E-state index in [4.69, 9.17) is 22.1 Å². The maximum Gasteiger partial charge on any atom is 0.282 e. The number of nitro groups is 1. The summed E-state index contributed by atoms with van der Waals surface area (Å²) in [5, 5.41) is 14.0. The van der Waals surface area contributed by atoms with Gasteiger partial charge < -0.3 is 15.8 Å². The molecule has 1 aliphatic carbocycles. The van der Waals surface area contributed by atoms with E-state index in [9.17, 15) is 14.9 Å². The van der Waals surface area contributed by atoms with E-state index in [1.54, 1.807) is 0 Å². The lowest BCUT2D eigenvalue weighted by atomic mass is 9.72. The second kappa shape index (κ2) is 5.25. The summed E-state index contributed by atoms with van der Waals surface area (Å²) in [5.41, 5.74) is 5.66. The summed E-state index contributed by atoms with van der Waals surface area (Å²) < 4.78 is 5.52. The van der Waals surface area contributed by atoms with Crippen LogP contribution >= 0.6 is 11.6 Å². The Kier molecular flexibility index (Phi) is 3.56. The summed E-state index contributed by atoms with van der Waals surface area (Å²) in [6.07, 6.45) is 0.789. The Morgan fingerprint density at radius 2 is 2.29 bits per heavy atom. The summed E-state index contributed by atoms with van der Waals surface area (Å²) in [6, 6.07) is 3.38.